The first kappa shape index (κ1) is 14.4. The maximum absolute atomic E-state index is 5.31. The maximum Gasteiger partial charge on any atom is 0.241 e. The smallest absolute Gasteiger partial charge is 0.241 e. The van der Waals surface area contributed by atoms with Gasteiger partial charge in [-0.2, -0.15) is 0 Å². The summed E-state index contributed by atoms with van der Waals surface area (Å²) in [6, 6.07) is 6.54. The third-order valence-corrected chi connectivity index (χ3v) is 4.88. The molecule has 1 fully saturated rings. The molecule has 4 aromatic heterocycles. The lowest BCUT2D eigenvalue weighted by Gasteiger charge is -2.34. The molecule has 126 valence electrons. The van der Waals surface area contributed by atoms with Crippen molar-refractivity contribution in [3.05, 3.63) is 49.2 Å². The molecule has 0 bridgehead atoms. The second-order valence-corrected chi connectivity index (χ2v) is 6.42. The lowest BCUT2D eigenvalue weighted by Crippen LogP contribution is -2.40. The van der Waals surface area contributed by atoms with E-state index >= 15 is 0 Å². The van der Waals surface area contributed by atoms with E-state index in [1.165, 1.54) is 0 Å². The van der Waals surface area contributed by atoms with Crippen molar-refractivity contribution in [3.63, 3.8) is 0 Å². The van der Waals surface area contributed by atoms with Crippen molar-refractivity contribution >= 4 is 17.1 Å². The van der Waals surface area contributed by atoms with Crippen LogP contribution in [0.2, 0.25) is 0 Å². The van der Waals surface area contributed by atoms with E-state index in [9.17, 15) is 0 Å². The van der Waals surface area contributed by atoms with E-state index in [2.05, 4.69) is 38.7 Å². The van der Waals surface area contributed by atoms with Gasteiger partial charge in [-0.1, -0.05) is 0 Å². The number of aromatic nitrogens is 5. The number of hydrogen-bond acceptors (Lipinski definition) is 5. The van der Waals surface area contributed by atoms with E-state index in [1.807, 2.05) is 33.6 Å². The van der Waals surface area contributed by atoms with Crippen LogP contribution in [0.4, 0.5) is 5.95 Å². The van der Waals surface area contributed by atoms with Gasteiger partial charge < -0.3 is 14.5 Å². The van der Waals surface area contributed by atoms with Crippen LogP contribution in [-0.2, 0) is 4.74 Å². The Morgan fingerprint density at radius 3 is 2.96 bits per heavy atom. The Hall–Kier alpha value is -2.93. The molecule has 0 spiro atoms. The maximum atomic E-state index is 5.31. The molecule has 1 N–H and O–H groups in total. The van der Waals surface area contributed by atoms with Crippen LogP contribution in [-0.4, -0.2) is 43.2 Å². The highest BCUT2D eigenvalue weighted by atomic mass is 16.5. The molecule has 7 nitrogen and oxygen atoms in total. The number of nitrogens with one attached hydrogen (secondary N) is 1. The van der Waals surface area contributed by atoms with Gasteiger partial charge in [0.1, 0.15) is 5.65 Å². The standard InChI is InChI=1S/C18H18N6O/c1-25-14-8-13(9-14)21-18-20-10-16-15(4-6-24(16)22-18)12-2-3-17-19-5-7-23(17)11-12/h2-7,10-11,13-14H,8-9H2,1H3,(H,21,22)/t13-,14+. The summed E-state index contributed by atoms with van der Waals surface area (Å²) in [7, 11) is 1.76. The van der Waals surface area contributed by atoms with Gasteiger partial charge in [-0.15, -0.1) is 5.10 Å². The molecule has 0 radical (unpaired) electrons. The lowest BCUT2D eigenvalue weighted by molar-refractivity contribution is 0.0326. The van der Waals surface area contributed by atoms with Gasteiger partial charge >= 0.3 is 0 Å². The third kappa shape index (κ3) is 2.44. The van der Waals surface area contributed by atoms with Crippen LogP contribution >= 0.6 is 0 Å². The number of rotatable bonds is 4. The Morgan fingerprint density at radius 2 is 2.08 bits per heavy atom. The lowest BCUT2D eigenvalue weighted by atomic mass is 9.89. The molecule has 0 atom stereocenters. The van der Waals surface area contributed by atoms with E-state index in [-0.39, 0.29) is 0 Å². The summed E-state index contributed by atoms with van der Waals surface area (Å²) in [6.45, 7) is 0. The minimum Gasteiger partial charge on any atom is -0.381 e. The van der Waals surface area contributed by atoms with Crippen molar-refractivity contribution < 1.29 is 4.74 Å². The summed E-state index contributed by atoms with van der Waals surface area (Å²) >= 11 is 0. The van der Waals surface area contributed by atoms with E-state index in [1.54, 1.807) is 13.3 Å². The topological polar surface area (TPSA) is 68.8 Å². The molecule has 4 heterocycles. The Morgan fingerprint density at radius 1 is 1.16 bits per heavy atom. The quantitative estimate of drug-likeness (QED) is 0.621. The monoisotopic (exact) mass is 334 g/mol. The summed E-state index contributed by atoms with van der Waals surface area (Å²) < 4.78 is 9.19. The predicted molar refractivity (Wildman–Crippen MR) is 94.6 cm³/mol. The summed E-state index contributed by atoms with van der Waals surface area (Å²) in [5.41, 5.74) is 4.13. The highest BCUT2D eigenvalue weighted by Crippen LogP contribution is 2.27. The average Bonchev–Trinajstić information content (AvgIpc) is 3.23. The van der Waals surface area contributed by atoms with Gasteiger partial charge in [-0.3, -0.25) is 0 Å². The molecule has 25 heavy (non-hydrogen) atoms. The zero-order chi connectivity index (χ0) is 16.8. The van der Waals surface area contributed by atoms with Crippen molar-refractivity contribution in [3.8, 4) is 11.1 Å². The van der Waals surface area contributed by atoms with Crippen molar-refractivity contribution in [1.82, 2.24) is 24.0 Å². The number of nitrogens with zero attached hydrogens (tertiary/aromatic N) is 5. The first-order chi connectivity index (χ1) is 12.3. The molecule has 0 saturated heterocycles. The number of methoxy groups -OCH3 is 1. The Kier molecular flexibility index (Phi) is 3.21. The molecule has 0 aliphatic heterocycles. The molecule has 5 rings (SSSR count). The van der Waals surface area contributed by atoms with Crippen LogP contribution in [0.3, 0.4) is 0 Å². The molecule has 0 unspecified atom stereocenters. The van der Waals surface area contributed by atoms with Gasteiger partial charge in [-0.25, -0.2) is 14.5 Å². The number of fused-ring (bicyclic) bond motifs is 2. The van der Waals surface area contributed by atoms with E-state index in [0.717, 1.165) is 35.1 Å². The highest BCUT2D eigenvalue weighted by molar-refractivity contribution is 5.80. The van der Waals surface area contributed by atoms with Crippen molar-refractivity contribution in [2.24, 2.45) is 0 Å². The fourth-order valence-electron chi connectivity index (χ4n) is 3.35. The Bertz CT molecular complexity index is 1050. The van der Waals surface area contributed by atoms with Gasteiger partial charge in [0, 0.05) is 49.1 Å². The zero-order valence-electron chi connectivity index (χ0n) is 13.8. The zero-order valence-corrected chi connectivity index (χ0v) is 13.8. The average molecular weight is 334 g/mol. The summed E-state index contributed by atoms with van der Waals surface area (Å²) in [4.78, 5) is 8.77. The molecule has 0 amide bonds. The van der Waals surface area contributed by atoms with Gasteiger partial charge in [-0.05, 0) is 31.0 Å². The molecular weight excluding hydrogens is 316 g/mol. The van der Waals surface area contributed by atoms with Gasteiger partial charge in [0.15, 0.2) is 0 Å². The van der Waals surface area contributed by atoms with Crippen LogP contribution in [0.15, 0.2) is 49.2 Å². The van der Waals surface area contributed by atoms with E-state index in [0.29, 0.717) is 18.1 Å². The third-order valence-electron chi connectivity index (χ3n) is 4.88. The minimum absolute atomic E-state index is 0.359. The van der Waals surface area contributed by atoms with E-state index in [4.69, 9.17) is 4.74 Å². The molecule has 1 aliphatic rings. The van der Waals surface area contributed by atoms with Crippen LogP contribution in [0.1, 0.15) is 12.8 Å². The number of imidazole rings is 1. The molecule has 7 heteroatoms. The Balaban J connectivity index is 1.45. The van der Waals surface area contributed by atoms with Crippen molar-refractivity contribution in [2.45, 2.75) is 25.0 Å². The van der Waals surface area contributed by atoms with Crippen LogP contribution in [0, 0.1) is 0 Å². The SMILES string of the molecule is CO[C@H]1C[C@@H](Nc2ncc3c(-c4ccc5nccn5c4)ccn3n2)C1. The molecular formula is C18H18N6O. The second kappa shape index (κ2) is 5.56. The fourth-order valence-corrected chi connectivity index (χ4v) is 3.35. The summed E-state index contributed by atoms with van der Waals surface area (Å²) in [6.07, 6.45) is 12.0. The van der Waals surface area contributed by atoms with Crippen molar-refractivity contribution in [1.29, 1.82) is 0 Å². The summed E-state index contributed by atoms with van der Waals surface area (Å²) in [5.74, 6) is 0.652. The van der Waals surface area contributed by atoms with Gasteiger partial charge in [0.2, 0.25) is 5.95 Å². The van der Waals surface area contributed by atoms with E-state index < -0.39 is 0 Å². The second-order valence-electron chi connectivity index (χ2n) is 6.42. The van der Waals surface area contributed by atoms with Crippen LogP contribution < -0.4 is 5.32 Å². The van der Waals surface area contributed by atoms with Crippen LogP contribution in [0.5, 0.6) is 0 Å². The molecule has 0 aromatic carbocycles. The number of hydrogen-bond donors (Lipinski definition) is 1. The summed E-state index contributed by atoms with van der Waals surface area (Å²) in [5, 5.41) is 7.95. The number of ether oxygens (including phenoxy) is 1. The normalized spacial score (nSPS) is 20.0. The Labute approximate surface area is 144 Å². The van der Waals surface area contributed by atoms with Crippen molar-refractivity contribution in [2.75, 3.05) is 12.4 Å². The fraction of sp³-hybridized carbons (Fsp3) is 0.278. The number of anilines is 1. The first-order valence-electron chi connectivity index (χ1n) is 8.37. The highest BCUT2D eigenvalue weighted by Gasteiger charge is 2.29. The molecule has 1 saturated carbocycles. The van der Waals surface area contributed by atoms with Gasteiger partial charge in [0.05, 0.1) is 17.8 Å². The number of pyridine rings is 1. The first-order valence-corrected chi connectivity index (χ1v) is 8.37. The van der Waals surface area contributed by atoms with Gasteiger partial charge in [0.25, 0.3) is 0 Å². The molecule has 4 aromatic rings. The minimum atomic E-state index is 0.359. The molecule has 1 aliphatic carbocycles. The largest absolute Gasteiger partial charge is 0.381 e. The predicted octanol–water partition coefficient (Wildman–Crippen LogP) is 2.63. The van der Waals surface area contributed by atoms with Crippen LogP contribution in [0.25, 0.3) is 22.3 Å².